The minimum absolute atomic E-state index is 0.0431. The van der Waals surface area contributed by atoms with Crippen molar-refractivity contribution in [3.05, 3.63) is 16.3 Å². The molecule has 29 heavy (non-hydrogen) atoms. The molecule has 3 rings (SSSR count). The highest BCUT2D eigenvalue weighted by Crippen LogP contribution is 2.33. The topological polar surface area (TPSA) is 125 Å². The molecule has 1 atom stereocenters. The first kappa shape index (κ1) is 21.0. The summed E-state index contributed by atoms with van der Waals surface area (Å²) < 4.78 is 10.4. The SMILES string of the molecule is CCOC(=O)c1sc2nc(COC(=O)C3CC(=O)N(C(C)C)C3)nc(N)c2c1C. The normalized spacial score (nSPS) is 16.7. The molecular weight excluding hydrogens is 396 g/mol. The van der Waals surface area contributed by atoms with Crippen molar-refractivity contribution in [2.75, 3.05) is 18.9 Å². The number of rotatable bonds is 6. The van der Waals surface area contributed by atoms with Gasteiger partial charge in [-0.15, -0.1) is 11.3 Å². The maximum Gasteiger partial charge on any atom is 0.348 e. The number of esters is 2. The molecule has 0 aliphatic carbocycles. The van der Waals surface area contributed by atoms with Gasteiger partial charge in [0.2, 0.25) is 5.91 Å². The van der Waals surface area contributed by atoms with Crippen molar-refractivity contribution in [2.24, 2.45) is 5.92 Å². The molecule has 2 aromatic heterocycles. The third-order valence-corrected chi connectivity index (χ3v) is 5.95. The Balaban J connectivity index is 1.73. The van der Waals surface area contributed by atoms with Gasteiger partial charge >= 0.3 is 11.9 Å². The number of nitrogens with two attached hydrogens (primary N) is 1. The lowest BCUT2D eigenvalue weighted by atomic mass is 10.1. The van der Waals surface area contributed by atoms with Gasteiger partial charge in [0.15, 0.2) is 12.4 Å². The zero-order chi connectivity index (χ0) is 21.3. The minimum atomic E-state index is -0.495. The monoisotopic (exact) mass is 420 g/mol. The Kier molecular flexibility index (Phi) is 6.02. The van der Waals surface area contributed by atoms with Crippen LogP contribution in [-0.2, 0) is 25.7 Å². The third kappa shape index (κ3) is 4.16. The molecule has 1 saturated heterocycles. The van der Waals surface area contributed by atoms with Crippen LogP contribution in [0.5, 0.6) is 0 Å². The number of thiophene rings is 1. The van der Waals surface area contributed by atoms with Gasteiger partial charge in [-0.2, -0.15) is 0 Å². The predicted molar refractivity (Wildman–Crippen MR) is 107 cm³/mol. The standard InChI is InChI=1S/C19H24N4O5S/c1-5-27-19(26)15-10(4)14-16(20)21-12(22-17(14)29-15)8-28-18(25)11-6-13(24)23(7-11)9(2)3/h9,11H,5-8H2,1-4H3,(H2,20,21,22). The number of hydrogen-bond acceptors (Lipinski definition) is 9. The van der Waals surface area contributed by atoms with Gasteiger partial charge in [-0.25, -0.2) is 14.8 Å². The highest BCUT2D eigenvalue weighted by atomic mass is 32.1. The summed E-state index contributed by atoms with van der Waals surface area (Å²) >= 11 is 1.17. The van der Waals surface area contributed by atoms with E-state index in [1.165, 1.54) is 11.3 Å². The lowest BCUT2D eigenvalue weighted by Crippen LogP contribution is -2.33. The van der Waals surface area contributed by atoms with Crippen molar-refractivity contribution >= 4 is 45.2 Å². The average Bonchev–Trinajstić information content (AvgIpc) is 3.20. The zero-order valence-corrected chi connectivity index (χ0v) is 17.7. The van der Waals surface area contributed by atoms with E-state index in [4.69, 9.17) is 15.2 Å². The lowest BCUT2D eigenvalue weighted by Gasteiger charge is -2.20. The van der Waals surface area contributed by atoms with Crippen LogP contribution in [0.15, 0.2) is 0 Å². The number of nitrogen functional groups attached to an aromatic ring is 1. The lowest BCUT2D eigenvalue weighted by molar-refractivity contribution is -0.150. The molecule has 0 spiro atoms. The molecule has 3 heterocycles. The van der Waals surface area contributed by atoms with E-state index in [2.05, 4.69) is 9.97 Å². The number of anilines is 1. The number of aromatic nitrogens is 2. The number of hydrogen-bond donors (Lipinski definition) is 1. The summed E-state index contributed by atoms with van der Waals surface area (Å²) in [6.07, 6.45) is 0.145. The molecule has 2 N–H and O–H groups in total. The molecule has 1 amide bonds. The predicted octanol–water partition coefficient (Wildman–Crippen LogP) is 2.06. The molecule has 1 fully saturated rings. The highest BCUT2D eigenvalue weighted by molar-refractivity contribution is 7.20. The fourth-order valence-electron chi connectivity index (χ4n) is 3.31. The van der Waals surface area contributed by atoms with Crippen molar-refractivity contribution in [3.63, 3.8) is 0 Å². The molecule has 0 aromatic carbocycles. The number of fused-ring (bicyclic) bond motifs is 1. The van der Waals surface area contributed by atoms with Crippen molar-refractivity contribution in [1.29, 1.82) is 0 Å². The second kappa shape index (κ2) is 8.32. The second-order valence-corrected chi connectivity index (χ2v) is 8.13. The number of ether oxygens (including phenoxy) is 2. The molecule has 9 nitrogen and oxygen atoms in total. The van der Waals surface area contributed by atoms with E-state index < -0.39 is 17.9 Å². The summed E-state index contributed by atoms with van der Waals surface area (Å²) in [6.45, 7) is 7.78. The maximum atomic E-state index is 12.4. The summed E-state index contributed by atoms with van der Waals surface area (Å²) in [7, 11) is 0. The highest BCUT2D eigenvalue weighted by Gasteiger charge is 2.36. The average molecular weight is 420 g/mol. The molecule has 1 aliphatic heterocycles. The molecule has 10 heteroatoms. The Labute approximate surface area is 172 Å². The quantitative estimate of drug-likeness (QED) is 0.704. The first-order valence-corrected chi connectivity index (χ1v) is 10.2. The summed E-state index contributed by atoms with van der Waals surface area (Å²) in [5.41, 5.74) is 6.72. The van der Waals surface area contributed by atoms with Crippen LogP contribution < -0.4 is 5.73 Å². The number of nitrogens with zero attached hydrogens (tertiary/aromatic N) is 3. The van der Waals surface area contributed by atoms with Gasteiger partial charge in [-0.05, 0) is 33.3 Å². The van der Waals surface area contributed by atoms with E-state index in [0.717, 1.165) is 0 Å². The van der Waals surface area contributed by atoms with Crippen molar-refractivity contribution in [1.82, 2.24) is 14.9 Å². The summed E-state index contributed by atoms with van der Waals surface area (Å²) in [5.74, 6) is -0.980. The first-order chi connectivity index (χ1) is 13.7. The van der Waals surface area contributed by atoms with Gasteiger partial charge in [0, 0.05) is 19.0 Å². The minimum Gasteiger partial charge on any atom is -0.462 e. The van der Waals surface area contributed by atoms with Gasteiger partial charge in [-0.3, -0.25) is 9.59 Å². The fourth-order valence-corrected chi connectivity index (χ4v) is 4.42. The molecule has 0 saturated carbocycles. The number of likely N-dealkylation sites (tertiary alicyclic amines) is 1. The van der Waals surface area contributed by atoms with E-state index >= 15 is 0 Å². The molecule has 0 radical (unpaired) electrons. The Hall–Kier alpha value is -2.75. The number of amides is 1. The Morgan fingerprint density at radius 3 is 2.66 bits per heavy atom. The van der Waals surface area contributed by atoms with Crippen LogP contribution in [0.25, 0.3) is 10.2 Å². The van der Waals surface area contributed by atoms with E-state index in [0.29, 0.717) is 27.2 Å². The molecule has 1 unspecified atom stereocenters. The van der Waals surface area contributed by atoms with E-state index in [9.17, 15) is 14.4 Å². The third-order valence-electron chi connectivity index (χ3n) is 4.78. The van der Waals surface area contributed by atoms with Crippen LogP contribution in [0.1, 0.15) is 48.3 Å². The van der Waals surface area contributed by atoms with Gasteiger partial charge in [0.05, 0.1) is 17.9 Å². The van der Waals surface area contributed by atoms with Gasteiger partial charge in [0.1, 0.15) is 15.5 Å². The molecule has 1 aliphatic rings. The van der Waals surface area contributed by atoms with Gasteiger partial charge < -0.3 is 20.1 Å². The Bertz CT molecular complexity index is 971. The first-order valence-electron chi connectivity index (χ1n) is 9.41. The number of carbonyl (C=O) groups excluding carboxylic acids is 3. The van der Waals surface area contributed by atoms with Crippen molar-refractivity contribution in [2.45, 2.75) is 46.8 Å². The molecular formula is C19H24N4O5S. The number of aryl methyl sites for hydroxylation is 1. The number of carbonyl (C=O) groups is 3. The van der Waals surface area contributed by atoms with Crippen molar-refractivity contribution in [3.8, 4) is 0 Å². The van der Waals surface area contributed by atoms with Crippen LogP contribution in [0.2, 0.25) is 0 Å². The van der Waals surface area contributed by atoms with Gasteiger partial charge in [-0.1, -0.05) is 0 Å². The fraction of sp³-hybridized carbons (Fsp3) is 0.526. The largest absolute Gasteiger partial charge is 0.462 e. The molecule has 156 valence electrons. The van der Waals surface area contributed by atoms with E-state index in [1.807, 2.05) is 13.8 Å². The van der Waals surface area contributed by atoms with Crippen molar-refractivity contribution < 1.29 is 23.9 Å². The van der Waals surface area contributed by atoms with Crippen LogP contribution in [0.3, 0.4) is 0 Å². The smallest absolute Gasteiger partial charge is 0.348 e. The van der Waals surface area contributed by atoms with Crippen LogP contribution in [0.4, 0.5) is 5.82 Å². The summed E-state index contributed by atoms with van der Waals surface area (Å²) in [6, 6.07) is 0.0431. The summed E-state index contributed by atoms with van der Waals surface area (Å²) in [4.78, 5) is 47.6. The zero-order valence-electron chi connectivity index (χ0n) is 16.9. The van der Waals surface area contributed by atoms with E-state index in [1.54, 1.807) is 18.7 Å². The second-order valence-electron chi connectivity index (χ2n) is 7.13. The van der Waals surface area contributed by atoms with Crippen LogP contribution in [-0.4, -0.2) is 51.9 Å². The van der Waals surface area contributed by atoms with Crippen LogP contribution in [0, 0.1) is 12.8 Å². The Morgan fingerprint density at radius 1 is 1.31 bits per heavy atom. The summed E-state index contributed by atoms with van der Waals surface area (Å²) in [5, 5.41) is 0.599. The van der Waals surface area contributed by atoms with Crippen LogP contribution >= 0.6 is 11.3 Å². The van der Waals surface area contributed by atoms with E-state index in [-0.39, 0.29) is 43.2 Å². The van der Waals surface area contributed by atoms with Gasteiger partial charge in [0.25, 0.3) is 0 Å². The maximum absolute atomic E-state index is 12.4. The molecule has 2 aromatic rings. The Morgan fingerprint density at radius 2 is 2.03 bits per heavy atom. The molecule has 0 bridgehead atoms.